The maximum atomic E-state index is 13.5. The summed E-state index contributed by atoms with van der Waals surface area (Å²) in [4.78, 5) is 28.3. The van der Waals surface area contributed by atoms with Crippen molar-refractivity contribution in [1.82, 2.24) is 10.2 Å². The quantitative estimate of drug-likeness (QED) is 0.0468. The largest absolute Gasteiger partial charge is 0.507 e. The number of hydrogen-bond acceptors (Lipinski definition) is 8. The van der Waals surface area contributed by atoms with Crippen molar-refractivity contribution >= 4 is 57.3 Å². The van der Waals surface area contributed by atoms with E-state index in [2.05, 4.69) is 17.1 Å². The minimum Gasteiger partial charge on any atom is -0.507 e. The number of rotatable bonds is 11. The van der Waals surface area contributed by atoms with Crippen LogP contribution in [0, 0.1) is 0 Å². The molecular weight excluding hydrogens is 578 g/mol. The Labute approximate surface area is 251 Å². The number of aliphatic hydroxyl groups excluding tert-OH is 1. The van der Waals surface area contributed by atoms with Crippen LogP contribution in [0.4, 0.5) is 5.13 Å². The molecule has 7 nitrogen and oxygen atoms in total. The minimum atomic E-state index is -0.926. The van der Waals surface area contributed by atoms with Crippen LogP contribution in [0.25, 0.3) is 5.76 Å². The molecule has 0 spiro atoms. The fraction of sp³-hybridized carbons (Fsp3) is 0.226. The topological polar surface area (TPSA) is 92.6 Å². The summed E-state index contributed by atoms with van der Waals surface area (Å²) in [5, 5.41) is 20.7. The molecule has 41 heavy (non-hydrogen) atoms. The number of unbranched alkanes of at least 4 members (excludes halogenated alkanes) is 2. The van der Waals surface area contributed by atoms with Crippen LogP contribution in [0.3, 0.4) is 0 Å². The van der Waals surface area contributed by atoms with Crippen molar-refractivity contribution in [2.24, 2.45) is 0 Å². The minimum absolute atomic E-state index is 0.0332. The molecule has 5 rings (SSSR count). The predicted molar refractivity (Wildman–Crippen MR) is 164 cm³/mol. The lowest BCUT2D eigenvalue weighted by Gasteiger charge is -2.23. The van der Waals surface area contributed by atoms with E-state index in [9.17, 15) is 14.7 Å². The Morgan fingerprint density at radius 1 is 1.02 bits per heavy atom. The van der Waals surface area contributed by atoms with E-state index in [0.29, 0.717) is 38.6 Å². The molecule has 1 aliphatic heterocycles. The Morgan fingerprint density at radius 2 is 1.80 bits per heavy atom. The van der Waals surface area contributed by atoms with Crippen LogP contribution in [0.5, 0.6) is 5.75 Å². The molecule has 2 heterocycles. The number of aliphatic hydroxyl groups is 1. The van der Waals surface area contributed by atoms with Gasteiger partial charge in [-0.25, -0.2) is 0 Å². The molecule has 1 aliphatic rings. The molecule has 1 atom stereocenters. The van der Waals surface area contributed by atoms with Gasteiger partial charge in [0.25, 0.3) is 5.78 Å². The van der Waals surface area contributed by atoms with Crippen LogP contribution >= 0.6 is 34.7 Å². The molecule has 0 aliphatic carbocycles. The number of Topliss-reactive ketones (excluding diaryl/α,β-unsaturated/α-hetero) is 1. The summed E-state index contributed by atoms with van der Waals surface area (Å²) >= 11 is 8.78. The molecule has 1 N–H and O–H groups in total. The summed E-state index contributed by atoms with van der Waals surface area (Å²) in [6.45, 7) is 2.68. The van der Waals surface area contributed by atoms with Gasteiger partial charge in [0.05, 0.1) is 18.2 Å². The van der Waals surface area contributed by atoms with Crippen molar-refractivity contribution in [2.75, 3.05) is 11.5 Å². The van der Waals surface area contributed by atoms with Gasteiger partial charge in [-0.1, -0.05) is 96.9 Å². The highest BCUT2D eigenvalue weighted by Crippen LogP contribution is 2.44. The van der Waals surface area contributed by atoms with Crippen LogP contribution in [0.1, 0.15) is 48.9 Å². The molecule has 0 bridgehead atoms. The normalized spacial score (nSPS) is 16.3. The maximum Gasteiger partial charge on any atom is 0.301 e. The number of aromatic nitrogens is 2. The fourth-order valence-corrected chi connectivity index (χ4v) is 6.45. The molecule has 1 amide bonds. The second-order valence-electron chi connectivity index (χ2n) is 9.43. The van der Waals surface area contributed by atoms with Gasteiger partial charge in [0.15, 0.2) is 4.34 Å². The SMILES string of the molecule is CCCCCOc1cccc(C2/C(=C(\O)c3ccc(Cl)cc3)C(=O)C(=O)N2c2nnc(SCc3ccccc3)s2)c1. The Balaban J connectivity index is 1.52. The fourth-order valence-electron chi connectivity index (χ4n) is 4.50. The third-order valence-electron chi connectivity index (χ3n) is 6.56. The summed E-state index contributed by atoms with van der Waals surface area (Å²) in [7, 11) is 0. The summed E-state index contributed by atoms with van der Waals surface area (Å²) < 4.78 is 6.63. The highest BCUT2D eigenvalue weighted by atomic mass is 35.5. The van der Waals surface area contributed by atoms with Crippen LogP contribution in [0.2, 0.25) is 5.02 Å². The molecule has 1 aromatic heterocycles. The van der Waals surface area contributed by atoms with E-state index < -0.39 is 17.7 Å². The molecule has 10 heteroatoms. The van der Waals surface area contributed by atoms with Crippen LogP contribution < -0.4 is 9.64 Å². The number of hydrogen-bond donors (Lipinski definition) is 1. The number of anilines is 1. The van der Waals surface area contributed by atoms with Crippen molar-refractivity contribution in [2.45, 2.75) is 42.3 Å². The Bertz CT molecular complexity index is 1560. The highest BCUT2D eigenvalue weighted by molar-refractivity contribution is 8.00. The smallest absolute Gasteiger partial charge is 0.301 e. The molecule has 210 valence electrons. The Hall–Kier alpha value is -3.66. The van der Waals surface area contributed by atoms with Crippen LogP contribution in [-0.4, -0.2) is 33.6 Å². The van der Waals surface area contributed by atoms with E-state index in [1.807, 2.05) is 48.5 Å². The van der Waals surface area contributed by atoms with Crippen molar-refractivity contribution in [3.63, 3.8) is 0 Å². The van der Waals surface area contributed by atoms with Crippen molar-refractivity contribution < 1.29 is 19.4 Å². The van der Waals surface area contributed by atoms with E-state index in [-0.39, 0.29) is 16.5 Å². The third-order valence-corrected chi connectivity index (χ3v) is 8.94. The Kier molecular flexibility index (Phi) is 9.38. The summed E-state index contributed by atoms with van der Waals surface area (Å²) in [5.41, 5.74) is 2.09. The van der Waals surface area contributed by atoms with Gasteiger partial charge in [-0.05, 0) is 53.9 Å². The van der Waals surface area contributed by atoms with E-state index in [0.717, 1.165) is 24.8 Å². The molecule has 1 unspecified atom stereocenters. The standard InChI is InChI=1S/C31H28ClN3O4S2/c1-2-3-7-17-39-24-12-8-11-22(18-24)26-25(27(36)21-13-15-23(32)16-14-21)28(37)29(38)35(26)30-33-34-31(41-30)40-19-20-9-5-4-6-10-20/h4-6,8-16,18,26,36H,2-3,7,17,19H2,1H3/b27-25+. The number of nitrogens with zero attached hydrogens (tertiary/aromatic N) is 3. The van der Waals surface area contributed by atoms with Gasteiger partial charge in [-0.2, -0.15) is 0 Å². The average Bonchev–Trinajstić information content (AvgIpc) is 3.57. The molecule has 1 fully saturated rings. The first-order valence-electron chi connectivity index (χ1n) is 13.3. The van der Waals surface area contributed by atoms with E-state index >= 15 is 0 Å². The van der Waals surface area contributed by atoms with Gasteiger partial charge < -0.3 is 9.84 Å². The maximum absolute atomic E-state index is 13.5. The lowest BCUT2D eigenvalue weighted by Crippen LogP contribution is -2.29. The van der Waals surface area contributed by atoms with E-state index in [1.165, 1.54) is 28.0 Å². The van der Waals surface area contributed by atoms with Crippen molar-refractivity contribution in [3.05, 3.63) is 106 Å². The van der Waals surface area contributed by atoms with Crippen LogP contribution in [-0.2, 0) is 15.3 Å². The van der Waals surface area contributed by atoms with Gasteiger partial charge in [0.2, 0.25) is 5.13 Å². The van der Waals surface area contributed by atoms with Crippen molar-refractivity contribution in [3.8, 4) is 5.75 Å². The molecule has 4 aromatic rings. The number of benzene rings is 3. The zero-order valence-electron chi connectivity index (χ0n) is 22.3. The first-order chi connectivity index (χ1) is 20.0. The number of amides is 1. The van der Waals surface area contributed by atoms with E-state index in [4.69, 9.17) is 16.3 Å². The van der Waals surface area contributed by atoms with Crippen LogP contribution in [0.15, 0.2) is 88.8 Å². The zero-order chi connectivity index (χ0) is 28.8. The summed E-state index contributed by atoms with van der Waals surface area (Å²) in [5.74, 6) is -0.566. The highest BCUT2D eigenvalue weighted by Gasteiger charge is 2.48. The number of thioether (sulfide) groups is 1. The van der Waals surface area contributed by atoms with Gasteiger partial charge in [0, 0.05) is 16.3 Å². The first kappa shape index (κ1) is 28.9. The monoisotopic (exact) mass is 605 g/mol. The molecular formula is C31H28ClN3O4S2. The van der Waals surface area contributed by atoms with Gasteiger partial charge in [-0.3, -0.25) is 14.5 Å². The molecule has 3 aromatic carbocycles. The lowest BCUT2D eigenvalue weighted by molar-refractivity contribution is -0.132. The molecule has 1 saturated heterocycles. The third kappa shape index (κ3) is 6.64. The summed E-state index contributed by atoms with van der Waals surface area (Å²) in [6.07, 6.45) is 3.06. The number of halogens is 1. The van der Waals surface area contributed by atoms with Gasteiger partial charge in [0.1, 0.15) is 11.5 Å². The molecule has 0 saturated carbocycles. The van der Waals surface area contributed by atoms with E-state index in [1.54, 1.807) is 30.3 Å². The summed E-state index contributed by atoms with van der Waals surface area (Å²) in [6, 6.07) is 22.8. The first-order valence-corrected chi connectivity index (χ1v) is 15.4. The number of ketones is 1. The average molecular weight is 606 g/mol. The second kappa shape index (κ2) is 13.3. The molecule has 0 radical (unpaired) electrons. The number of ether oxygens (including phenoxy) is 1. The Morgan fingerprint density at radius 3 is 2.56 bits per heavy atom. The zero-order valence-corrected chi connectivity index (χ0v) is 24.7. The lowest BCUT2D eigenvalue weighted by atomic mass is 9.95. The van der Waals surface area contributed by atoms with Gasteiger partial charge in [-0.15, -0.1) is 10.2 Å². The van der Waals surface area contributed by atoms with Crippen molar-refractivity contribution in [1.29, 1.82) is 0 Å². The second-order valence-corrected chi connectivity index (χ2v) is 12.0. The number of carbonyl (C=O) groups excluding carboxylic acids is 2. The number of carbonyl (C=O) groups is 2. The predicted octanol–water partition coefficient (Wildman–Crippen LogP) is 7.68. The van der Waals surface area contributed by atoms with Gasteiger partial charge >= 0.3 is 5.91 Å².